The number of rotatable bonds is 8. The Morgan fingerprint density at radius 1 is 0.967 bits per heavy atom. The van der Waals surface area contributed by atoms with Crippen LogP contribution in [0.25, 0.3) is 0 Å². The molecule has 0 aromatic heterocycles. The maximum absolute atomic E-state index is 12.1. The summed E-state index contributed by atoms with van der Waals surface area (Å²) in [5.41, 5.74) is 6.01. The Labute approximate surface area is 181 Å². The van der Waals surface area contributed by atoms with Crippen molar-refractivity contribution in [1.82, 2.24) is 5.43 Å². The number of nitrogens with one attached hydrogen (secondary N) is 1. The largest absolute Gasteiger partial charge is 0.493 e. The number of methoxy groups -OCH3 is 1. The second-order valence-corrected chi connectivity index (χ2v) is 7.11. The third-order valence-corrected chi connectivity index (χ3v) is 4.70. The van der Waals surface area contributed by atoms with Gasteiger partial charge in [0.15, 0.2) is 11.5 Å². The number of nitrogens with zero attached hydrogens (tertiary/aromatic N) is 1. The summed E-state index contributed by atoms with van der Waals surface area (Å²) in [5.74, 6) is 1.04. The van der Waals surface area contributed by atoms with E-state index in [4.69, 9.17) is 21.1 Å². The molecule has 0 bridgehead atoms. The van der Waals surface area contributed by atoms with Gasteiger partial charge in [-0.1, -0.05) is 54.1 Å². The number of halogens is 1. The van der Waals surface area contributed by atoms with Crippen molar-refractivity contribution in [2.75, 3.05) is 7.11 Å². The summed E-state index contributed by atoms with van der Waals surface area (Å²) >= 11 is 5.86. The minimum Gasteiger partial charge on any atom is -0.493 e. The van der Waals surface area contributed by atoms with Crippen LogP contribution in [0.5, 0.6) is 11.5 Å². The Morgan fingerprint density at radius 3 is 2.40 bits per heavy atom. The number of carbonyl (C=O) groups is 1. The summed E-state index contributed by atoms with van der Waals surface area (Å²) in [7, 11) is 1.59. The molecule has 0 fully saturated rings. The molecule has 0 aliphatic carbocycles. The molecule has 0 saturated carbocycles. The number of amides is 1. The van der Waals surface area contributed by atoms with E-state index in [2.05, 4.69) is 10.5 Å². The lowest BCUT2D eigenvalue weighted by Gasteiger charge is -2.12. The zero-order valence-electron chi connectivity index (χ0n) is 16.9. The van der Waals surface area contributed by atoms with E-state index < -0.39 is 0 Å². The molecule has 0 radical (unpaired) electrons. The van der Waals surface area contributed by atoms with E-state index >= 15 is 0 Å². The fourth-order valence-electron chi connectivity index (χ4n) is 2.79. The summed E-state index contributed by atoms with van der Waals surface area (Å²) in [6.45, 7) is 2.27. The van der Waals surface area contributed by atoms with Crippen LogP contribution in [-0.4, -0.2) is 18.7 Å². The number of ether oxygens (including phenoxy) is 2. The average molecular weight is 423 g/mol. The Hall–Kier alpha value is -3.31. The minimum atomic E-state index is -0.202. The Bertz CT molecular complexity index is 1020. The first-order valence-corrected chi connectivity index (χ1v) is 9.85. The Balaban J connectivity index is 1.62. The van der Waals surface area contributed by atoms with Gasteiger partial charge in [0.25, 0.3) is 0 Å². The molecule has 3 aromatic rings. The fraction of sp³-hybridized carbons (Fsp3) is 0.167. The first-order valence-electron chi connectivity index (χ1n) is 9.48. The summed E-state index contributed by atoms with van der Waals surface area (Å²) in [6, 6.07) is 22.6. The average Bonchev–Trinajstić information content (AvgIpc) is 2.78. The van der Waals surface area contributed by atoms with E-state index in [1.165, 1.54) is 0 Å². The highest BCUT2D eigenvalue weighted by molar-refractivity contribution is 6.30. The fourth-order valence-corrected chi connectivity index (χ4v) is 2.91. The number of hydrazone groups is 1. The molecule has 3 rings (SSSR count). The lowest BCUT2D eigenvalue weighted by atomic mass is 10.1. The summed E-state index contributed by atoms with van der Waals surface area (Å²) in [4.78, 5) is 12.1. The van der Waals surface area contributed by atoms with E-state index in [9.17, 15) is 4.79 Å². The van der Waals surface area contributed by atoms with E-state index in [0.717, 1.165) is 16.7 Å². The van der Waals surface area contributed by atoms with Crippen molar-refractivity contribution in [3.63, 3.8) is 0 Å². The molecule has 0 spiro atoms. The molecule has 1 N–H and O–H groups in total. The lowest BCUT2D eigenvalue weighted by Crippen LogP contribution is -2.21. The van der Waals surface area contributed by atoms with E-state index in [1.54, 1.807) is 19.2 Å². The van der Waals surface area contributed by atoms with Crippen molar-refractivity contribution in [1.29, 1.82) is 0 Å². The van der Waals surface area contributed by atoms with Gasteiger partial charge < -0.3 is 9.47 Å². The summed E-state index contributed by atoms with van der Waals surface area (Å²) in [6.07, 6.45) is 0.226. The van der Waals surface area contributed by atoms with Crippen molar-refractivity contribution >= 4 is 23.2 Å². The van der Waals surface area contributed by atoms with Gasteiger partial charge in [-0.25, -0.2) is 5.43 Å². The maximum atomic E-state index is 12.1. The molecule has 0 aliphatic rings. The van der Waals surface area contributed by atoms with Crippen molar-refractivity contribution < 1.29 is 14.3 Å². The van der Waals surface area contributed by atoms with Crippen LogP contribution in [0.4, 0.5) is 0 Å². The highest BCUT2D eigenvalue weighted by Crippen LogP contribution is 2.29. The predicted octanol–water partition coefficient (Wildman–Crippen LogP) is 5.01. The third kappa shape index (κ3) is 6.09. The van der Waals surface area contributed by atoms with E-state index in [0.29, 0.717) is 28.8 Å². The molecule has 154 valence electrons. The molecule has 30 heavy (non-hydrogen) atoms. The zero-order valence-corrected chi connectivity index (χ0v) is 17.6. The van der Waals surface area contributed by atoms with Crippen molar-refractivity contribution in [3.8, 4) is 11.5 Å². The van der Waals surface area contributed by atoms with Crippen molar-refractivity contribution in [2.45, 2.75) is 20.0 Å². The molecular formula is C24H23ClN2O3. The lowest BCUT2D eigenvalue weighted by molar-refractivity contribution is -0.120. The minimum absolute atomic E-state index is 0.202. The Morgan fingerprint density at radius 2 is 1.70 bits per heavy atom. The highest BCUT2D eigenvalue weighted by atomic mass is 35.5. The van der Waals surface area contributed by atoms with E-state index in [1.807, 2.05) is 67.6 Å². The van der Waals surface area contributed by atoms with Gasteiger partial charge in [0.2, 0.25) is 5.91 Å². The van der Waals surface area contributed by atoms with Crippen molar-refractivity contribution in [3.05, 3.63) is 94.5 Å². The van der Waals surface area contributed by atoms with Gasteiger partial charge in [0.05, 0.1) is 19.2 Å². The second kappa shape index (κ2) is 10.5. The quantitative estimate of drug-likeness (QED) is 0.410. The molecule has 6 heteroatoms. The Kier molecular flexibility index (Phi) is 7.46. The smallest absolute Gasteiger partial charge is 0.244 e. The molecule has 0 saturated heterocycles. The van der Waals surface area contributed by atoms with Gasteiger partial charge in [-0.05, 0) is 48.4 Å². The molecule has 1 amide bonds. The molecule has 3 aromatic carbocycles. The van der Waals surface area contributed by atoms with Crippen LogP contribution in [-0.2, 0) is 17.8 Å². The van der Waals surface area contributed by atoms with E-state index in [-0.39, 0.29) is 12.3 Å². The molecule has 5 nitrogen and oxygen atoms in total. The SMILES string of the molecule is COc1cc(C(C)=NNC(=O)Cc2ccc(Cl)cc2)ccc1OCc1ccccc1. The van der Waals surface area contributed by atoms with Gasteiger partial charge in [-0.3, -0.25) is 4.79 Å². The third-order valence-electron chi connectivity index (χ3n) is 4.44. The van der Waals surface area contributed by atoms with Gasteiger partial charge in [-0.15, -0.1) is 0 Å². The predicted molar refractivity (Wildman–Crippen MR) is 119 cm³/mol. The summed E-state index contributed by atoms with van der Waals surface area (Å²) < 4.78 is 11.3. The monoisotopic (exact) mass is 422 g/mol. The van der Waals surface area contributed by atoms with Gasteiger partial charge in [0.1, 0.15) is 6.61 Å². The number of hydrogen-bond acceptors (Lipinski definition) is 4. The van der Waals surface area contributed by atoms with Crippen LogP contribution in [0, 0.1) is 0 Å². The topological polar surface area (TPSA) is 59.9 Å². The maximum Gasteiger partial charge on any atom is 0.244 e. The van der Waals surface area contributed by atoms with Gasteiger partial charge in [-0.2, -0.15) is 5.10 Å². The van der Waals surface area contributed by atoms with Crippen LogP contribution in [0.2, 0.25) is 5.02 Å². The number of benzene rings is 3. The number of hydrogen-bond donors (Lipinski definition) is 1. The van der Waals surface area contributed by atoms with Crippen LogP contribution in [0.1, 0.15) is 23.6 Å². The molecule has 0 atom stereocenters. The van der Waals surface area contributed by atoms with Crippen LogP contribution in [0.3, 0.4) is 0 Å². The van der Waals surface area contributed by atoms with Gasteiger partial charge in [0, 0.05) is 10.6 Å². The summed E-state index contributed by atoms with van der Waals surface area (Å²) in [5, 5.41) is 4.84. The molecule has 0 unspecified atom stereocenters. The van der Waals surface area contributed by atoms with Crippen LogP contribution < -0.4 is 14.9 Å². The number of carbonyl (C=O) groups excluding carboxylic acids is 1. The van der Waals surface area contributed by atoms with Crippen LogP contribution in [0.15, 0.2) is 77.9 Å². The normalized spacial score (nSPS) is 11.1. The molecule has 0 aliphatic heterocycles. The molecule has 0 heterocycles. The first kappa shape index (κ1) is 21.4. The first-order chi connectivity index (χ1) is 14.5. The standard InChI is InChI=1S/C24H23ClN2O3/c1-17(26-27-24(28)14-18-8-11-21(25)12-9-18)20-10-13-22(23(15-20)29-2)30-16-19-6-4-3-5-7-19/h3-13,15H,14,16H2,1-2H3,(H,27,28). The second-order valence-electron chi connectivity index (χ2n) is 6.68. The van der Waals surface area contributed by atoms with Gasteiger partial charge >= 0.3 is 0 Å². The zero-order chi connectivity index (χ0) is 21.3. The highest BCUT2D eigenvalue weighted by Gasteiger charge is 2.09. The molecular weight excluding hydrogens is 400 g/mol. The van der Waals surface area contributed by atoms with Crippen molar-refractivity contribution in [2.24, 2.45) is 5.10 Å². The van der Waals surface area contributed by atoms with Crippen LogP contribution >= 0.6 is 11.6 Å².